The minimum absolute atomic E-state index is 0.0697. The molecule has 5 rings (SSSR count). The van der Waals surface area contributed by atoms with Gasteiger partial charge in [-0.15, -0.1) is 0 Å². The molecule has 3 heterocycles. The molecule has 166 valence electrons. The lowest BCUT2D eigenvalue weighted by Gasteiger charge is -2.46. The Hall–Kier alpha value is -2.54. The number of rotatable bonds is 4. The van der Waals surface area contributed by atoms with Crippen molar-refractivity contribution in [3.8, 4) is 11.5 Å². The van der Waals surface area contributed by atoms with Crippen LogP contribution in [0.15, 0.2) is 24.3 Å². The van der Waals surface area contributed by atoms with E-state index in [0.29, 0.717) is 13.0 Å². The number of fused-ring (bicyclic) bond motifs is 2. The number of benzene rings is 1. The molecular weight excluding hydrogens is 398 g/mol. The zero-order chi connectivity index (χ0) is 21.9. The third-order valence-electron chi connectivity index (χ3n) is 6.87. The van der Waals surface area contributed by atoms with Crippen LogP contribution in [-0.2, 0) is 31.0 Å². The lowest BCUT2D eigenvalue weighted by molar-refractivity contribution is -0.154. The summed E-state index contributed by atoms with van der Waals surface area (Å²) in [5, 5.41) is 0. The first kappa shape index (κ1) is 20.4. The molecule has 1 unspecified atom stereocenters. The van der Waals surface area contributed by atoms with Crippen molar-refractivity contribution < 1.29 is 28.5 Å². The molecule has 1 fully saturated rings. The van der Waals surface area contributed by atoms with E-state index in [0.717, 1.165) is 29.2 Å². The molecule has 3 aliphatic heterocycles. The van der Waals surface area contributed by atoms with Crippen molar-refractivity contribution in [2.24, 2.45) is 11.8 Å². The molecular formula is C24H29NO6. The van der Waals surface area contributed by atoms with Crippen molar-refractivity contribution in [3.63, 3.8) is 0 Å². The Bertz CT molecular complexity index is 954. The summed E-state index contributed by atoms with van der Waals surface area (Å²) in [5.41, 5.74) is 1.77. The second kappa shape index (κ2) is 7.26. The quantitative estimate of drug-likeness (QED) is 0.540. The maximum atomic E-state index is 12.6. The van der Waals surface area contributed by atoms with E-state index in [4.69, 9.17) is 18.9 Å². The van der Waals surface area contributed by atoms with Gasteiger partial charge in [0.1, 0.15) is 12.2 Å². The van der Waals surface area contributed by atoms with E-state index in [2.05, 4.69) is 11.0 Å². The maximum Gasteiger partial charge on any atom is 0.308 e. The van der Waals surface area contributed by atoms with E-state index in [-0.39, 0.29) is 48.8 Å². The van der Waals surface area contributed by atoms with Gasteiger partial charge < -0.3 is 18.9 Å². The number of esters is 2. The average molecular weight is 427 g/mol. The summed E-state index contributed by atoms with van der Waals surface area (Å²) in [4.78, 5) is 27.1. The Labute approximate surface area is 182 Å². The summed E-state index contributed by atoms with van der Waals surface area (Å²) in [6.45, 7) is 8.96. The smallest absolute Gasteiger partial charge is 0.308 e. The molecule has 5 atom stereocenters. The molecule has 7 nitrogen and oxygen atoms in total. The Kier molecular flexibility index (Phi) is 4.77. The molecule has 1 saturated heterocycles. The summed E-state index contributed by atoms with van der Waals surface area (Å²) in [6, 6.07) is 4.17. The molecule has 1 aliphatic carbocycles. The van der Waals surface area contributed by atoms with Gasteiger partial charge in [0.25, 0.3) is 0 Å². The molecule has 4 aliphatic rings. The van der Waals surface area contributed by atoms with Crippen LogP contribution in [0.25, 0.3) is 0 Å². The van der Waals surface area contributed by atoms with Gasteiger partial charge in [-0.05, 0) is 29.3 Å². The Morgan fingerprint density at radius 2 is 1.74 bits per heavy atom. The maximum absolute atomic E-state index is 12.6. The SMILES string of the molecule is CC(C)C(=O)O[C@@H]1C=C[C@@]23c4cc5c(cc4CN(C[C@H]2OC(=O)C(C)C)[C@H]3C1)OCO5. The normalized spacial score (nSPS) is 32.1. The van der Waals surface area contributed by atoms with Gasteiger partial charge in [-0.1, -0.05) is 33.8 Å². The summed E-state index contributed by atoms with van der Waals surface area (Å²) >= 11 is 0. The Morgan fingerprint density at radius 1 is 1.06 bits per heavy atom. The number of ether oxygens (including phenoxy) is 4. The fraction of sp³-hybridized carbons (Fsp3) is 0.583. The highest BCUT2D eigenvalue weighted by Gasteiger charge is 2.61. The van der Waals surface area contributed by atoms with Crippen LogP contribution < -0.4 is 9.47 Å². The molecule has 1 aromatic carbocycles. The van der Waals surface area contributed by atoms with Crippen molar-refractivity contribution in [2.45, 2.75) is 64.3 Å². The number of hydrogen-bond donors (Lipinski definition) is 0. The molecule has 0 saturated carbocycles. The highest BCUT2D eigenvalue weighted by molar-refractivity contribution is 5.73. The third kappa shape index (κ3) is 3.13. The van der Waals surface area contributed by atoms with E-state index >= 15 is 0 Å². The molecule has 31 heavy (non-hydrogen) atoms. The minimum atomic E-state index is -0.500. The average Bonchev–Trinajstić information content (AvgIpc) is 3.27. The number of carbonyl (C=O) groups excluding carboxylic acids is 2. The summed E-state index contributed by atoms with van der Waals surface area (Å²) in [5.74, 6) is 0.712. The monoisotopic (exact) mass is 427 g/mol. The number of hydrogen-bond acceptors (Lipinski definition) is 7. The van der Waals surface area contributed by atoms with Gasteiger partial charge in [0.05, 0.1) is 17.3 Å². The van der Waals surface area contributed by atoms with E-state index in [9.17, 15) is 9.59 Å². The van der Waals surface area contributed by atoms with Crippen molar-refractivity contribution in [1.82, 2.24) is 4.90 Å². The van der Waals surface area contributed by atoms with Crippen LogP contribution >= 0.6 is 0 Å². The summed E-state index contributed by atoms with van der Waals surface area (Å²) in [6.07, 6.45) is 4.14. The predicted molar refractivity (Wildman–Crippen MR) is 112 cm³/mol. The molecule has 0 spiro atoms. The van der Waals surface area contributed by atoms with Crippen LogP contribution in [-0.4, -0.2) is 48.4 Å². The van der Waals surface area contributed by atoms with Crippen LogP contribution in [0, 0.1) is 11.8 Å². The van der Waals surface area contributed by atoms with Crippen LogP contribution in [0.4, 0.5) is 0 Å². The largest absolute Gasteiger partial charge is 0.459 e. The lowest BCUT2D eigenvalue weighted by Crippen LogP contribution is -2.53. The first-order valence-electron chi connectivity index (χ1n) is 11.1. The van der Waals surface area contributed by atoms with Crippen molar-refractivity contribution in [2.75, 3.05) is 13.3 Å². The summed E-state index contributed by atoms with van der Waals surface area (Å²) in [7, 11) is 0. The van der Waals surface area contributed by atoms with Gasteiger partial charge in [0.2, 0.25) is 6.79 Å². The molecule has 0 N–H and O–H groups in total. The Morgan fingerprint density at radius 3 is 2.45 bits per heavy atom. The lowest BCUT2D eigenvalue weighted by atomic mass is 9.65. The molecule has 1 aromatic rings. The second-order valence-electron chi connectivity index (χ2n) is 9.55. The topological polar surface area (TPSA) is 74.3 Å². The van der Waals surface area contributed by atoms with E-state index in [1.54, 1.807) is 0 Å². The fourth-order valence-corrected chi connectivity index (χ4v) is 5.27. The Balaban J connectivity index is 1.57. The van der Waals surface area contributed by atoms with Crippen LogP contribution in [0.1, 0.15) is 45.2 Å². The highest BCUT2D eigenvalue weighted by Crippen LogP contribution is 2.54. The van der Waals surface area contributed by atoms with Gasteiger partial charge in [0, 0.05) is 25.6 Å². The second-order valence-corrected chi connectivity index (χ2v) is 9.55. The van der Waals surface area contributed by atoms with Crippen molar-refractivity contribution in [1.29, 1.82) is 0 Å². The molecule has 2 bridgehead atoms. The van der Waals surface area contributed by atoms with Gasteiger partial charge in [0.15, 0.2) is 11.5 Å². The van der Waals surface area contributed by atoms with Crippen molar-refractivity contribution >= 4 is 11.9 Å². The van der Waals surface area contributed by atoms with Gasteiger partial charge in [-0.3, -0.25) is 14.5 Å². The van der Waals surface area contributed by atoms with Gasteiger partial charge in [-0.2, -0.15) is 0 Å². The number of nitrogens with zero attached hydrogens (tertiary/aromatic N) is 1. The molecule has 7 heteroatoms. The predicted octanol–water partition coefficient (Wildman–Crippen LogP) is 2.95. The molecule has 0 radical (unpaired) electrons. The zero-order valence-electron chi connectivity index (χ0n) is 18.4. The number of carbonyl (C=O) groups is 2. The zero-order valence-corrected chi connectivity index (χ0v) is 18.4. The molecule has 0 amide bonds. The minimum Gasteiger partial charge on any atom is -0.459 e. The van der Waals surface area contributed by atoms with E-state index < -0.39 is 5.41 Å². The van der Waals surface area contributed by atoms with E-state index in [1.807, 2.05) is 45.9 Å². The molecule has 0 aromatic heterocycles. The van der Waals surface area contributed by atoms with Gasteiger partial charge >= 0.3 is 11.9 Å². The highest BCUT2D eigenvalue weighted by atomic mass is 16.7. The van der Waals surface area contributed by atoms with Crippen molar-refractivity contribution in [3.05, 3.63) is 35.4 Å². The third-order valence-corrected chi connectivity index (χ3v) is 6.87. The summed E-state index contributed by atoms with van der Waals surface area (Å²) < 4.78 is 23.1. The van der Waals surface area contributed by atoms with Gasteiger partial charge in [-0.25, -0.2) is 0 Å². The first-order chi connectivity index (χ1) is 14.8. The van der Waals surface area contributed by atoms with Crippen LogP contribution in [0.3, 0.4) is 0 Å². The standard InChI is InChI=1S/C24H29NO6/c1-13(2)22(26)30-16-5-6-24-17-9-19-18(28-12-29-19)7-15(17)10-25(20(24)8-16)11-21(24)31-23(27)14(3)4/h5-7,9,13-14,16,20-21H,8,10-12H2,1-4H3/t16-,20+,21-,24+/m1/s1. The van der Waals surface area contributed by atoms with E-state index in [1.165, 1.54) is 0 Å². The van der Waals surface area contributed by atoms with Crippen LogP contribution in [0.5, 0.6) is 11.5 Å². The fourth-order valence-electron chi connectivity index (χ4n) is 5.27. The van der Waals surface area contributed by atoms with Crippen LogP contribution in [0.2, 0.25) is 0 Å². The first-order valence-corrected chi connectivity index (χ1v) is 11.1.